The summed E-state index contributed by atoms with van der Waals surface area (Å²) in [5.41, 5.74) is 0. The standard InChI is InChI=1S/C65H120O6/c1-4-7-10-13-15-17-19-21-23-25-27-28-29-30-31-32-33-34-35-36-38-39-41-43-45-47-49-52-55-58-64(67)70-61-62(60-69-63(66)57-54-51-12-9-6-3)71-65(68)59-56-53-50-48-46-44-42-40-37-26-24-22-20-18-16-14-11-8-5-2/h16,18,22,24-25,27,62H,4-15,17,19-21,23,26,28-61H2,1-3H3/b18-16-,24-22-,27-25-. The zero-order chi connectivity index (χ0) is 51.4. The number of unbranched alkanes of at least 4 members (excludes halogenated alkanes) is 41. The number of ether oxygens (including phenoxy) is 3. The summed E-state index contributed by atoms with van der Waals surface area (Å²) >= 11 is 0. The summed E-state index contributed by atoms with van der Waals surface area (Å²) in [6.07, 6.45) is 73.5. The Hall–Kier alpha value is -2.37. The molecule has 0 aromatic carbocycles. The van der Waals surface area contributed by atoms with Crippen molar-refractivity contribution in [3.63, 3.8) is 0 Å². The first-order valence-electron chi connectivity index (χ1n) is 31.5. The highest BCUT2D eigenvalue weighted by atomic mass is 16.6. The molecule has 0 aliphatic carbocycles. The summed E-state index contributed by atoms with van der Waals surface area (Å²) in [5.74, 6) is -0.871. The largest absolute Gasteiger partial charge is 0.462 e. The van der Waals surface area contributed by atoms with Gasteiger partial charge < -0.3 is 14.2 Å². The molecule has 0 aliphatic rings. The molecule has 6 nitrogen and oxygen atoms in total. The lowest BCUT2D eigenvalue weighted by Gasteiger charge is -2.18. The molecule has 0 bridgehead atoms. The van der Waals surface area contributed by atoms with Crippen LogP contribution in [0, 0.1) is 0 Å². The Morgan fingerprint density at radius 1 is 0.282 bits per heavy atom. The van der Waals surface area contributed by atoms with Crippen LogP contribution in [0.3, 0.4) is 0 Å². The fourth-order valence-corrected chi connectivity index (χ4v) is 9.35. The minimum absolute atomic E-state index is 0.0705. The van der Waals surface area contributed by atoms with Crippen LogP contribution < -0.4 is 0 Å². The van der Waals surface area contributed by atoms with Gasteiger partial charge in [0.25, 0.3) is 0 Å². The van der Waals surface area contributed by atoms with Crippen LogP contribution in [-0.4, -0.2) is 37.2 Å². The molecular formula is C65H120O6. The van der Waals surface area contributed by atoms with Crippen molar-refractivity contribution in [2.75, 3.05) is 13.2 Å². The van der Waals surface area contributed by atoms with E-state index >= 15 is 0 Å². The maximum Gasteiger partial charge on any atom is 0.306 e. The first-order chi connectivity index (χ1) is 35.0. The van der Waals surface area contributed by atoms with E-state index in [1.54, 1.807) is 0 Å². The zero-order valence-electron chi connectivity index (χ0n) is 47.8. The molecule has 0 aliphatic heterocycles. The minimum atomic E-state index is -0.769. The van der Waals surface area contributed by atoms with Crippen LogP contribution in [-0.2, 0) is 28.6 Å². The van der Waals surface area contributed by atoms with Gasteiger partial charge in [0.05, 0.1) is 0 Å². The fraction of sp³-hybridized carbons (Fsp3) is 0.862. The van der Waals surface area contributed by atoms with Crippen molar-refractivity contribution in [2.24, 2.45) is 0 Å². The second-order valence-corrected chi connectivity index (χ2v) is 21.3. The van der Waals surface area contributed by atoms with E-state index in [2.05, 4.69) is 57.2 Å². The highest BCUT2D eigenvalue weighted by Gasteiger charge is 2.19. The van der Waals surface area contributed by atoms with Gasteiger partial charge in [-0.2, -0.15) is 0 Å². The highest BCUT2D eigenvalue weighted by molar-refractivity contribution is 5.71. The van der Waals surface area contributed by atoms with E-state index in [9.17, 15) is 14.4 Å². The predicted molar refractivity (Wildman–Crippen MR) is 307 cm³/mol. The molecule has 0 radical (unpaired) electrons. The molecule has 0 rings (SSSR count). The zero-order valence-corrected chi connectivity index (χ0v) is 47.8. The topological polar surface area (TPSA) is 78.9 Å². The summed E-state index contributed by atoms with van der Waals surface area (Å²) in [7, 11) is 0. The predicted octanol–water partition coefficient (Wildman–Crippen LogP) is 21.2. The maximum atomic E-state index is 12.8. The van der Waals surface area contributed by atoms with Gasteiger partial charge in [-0.15, -0.1) is 0 Å². The van der Waals surface area contributed by atoms with Crippen LogP contribution in [0.1, 0.15) is 342 Å². The SMILES string of the molecule is CCCCC/C=C\C/C=C\CCCCCCCCCCCC(=O)OC(COC(=O)CCCCCCC)COC(=O)CCCCCCCCCCCCCCCCCCC/C=C\CCCCCCCCCC. The Morgan fingerprint density at radius 3 is 0.817 bits per heavy atom. The molecule has 1 unspecified atom stereocenters. The number of carbonyl (C=O) groups excluding carboxylic acids is 3. The van der Waals surface area contributed by atoms with Gasteiger partial charge in [0.1, 0.15) is 13.2 Å². The van der Waals surface area contributed by atoms with Gasteiger partial charge in [0, 0.05) is 19.3 Å². The van der Waals surface area contributed by atoms with Crippen molar-refractivity contribution in [1.82, 2.24) is 0 Å². The van der Waals surface area contributed by atoms with Crippen molar-refractivity contribution in [3.8, 4) is 0 Å². The molecule has 0 heterocycles. The third kappa shape index (κ3) is 58.4. The van der Waals surface area contributed by atoms with Crippen LogP contribution in [0.2, 0.25) is 0 Å². The normalized spacial score (nSPS) is 12.2. The van der Waals surface area contributed by atoms with E-state index in [-0.39, 0.29) is 31.1 Å². The molecule has 1 atom stereocenters. The number of hydrogen-bond acceptors (Lipinski definition) is 6. The van der Waals surface area contributed by atoms with Gasteiger partial charge in [-0.3, -0.25) is 14.4 Å². The van der Waals surface area contributed by atoms with Crippen LogP contribution >= 0.6 is 0 Å². The van der Waals surface area contributed by atoms with E-state index in [1.807, 2.05) is 0 Å². The van der Waals surface area contributed by atoms with E-state index in [1.165, 1.54) is 231 Å². The lowest BCUT2D eigenvalue weighted by molar-refractivity contribution is -0.167. The Kier molecular flexibility index (Phi) is 58.2. The number of carbonyl (C=O) groups is 3. The van der Waals surface area contributed by atoms with Gasteiger partial charge >= 0.3 is 17.9 Å². The molecule has 6 heteroatoms. The Labute approximate surface area is 442 Å². The number of hydrogen-bond donors (Lipinski definition) is 0. The van der Waals surface area contributed by atoms with Crippen LogP contribution in [0.5, 0.6) is 0 Å². The fourth-order valence-electron chi connectivity index (χ4n) is 9.35. The quantitative estimate of drug-likeness (QED) is 0.0261. The van der Waals surface area contributed by atoms with Gasteiger partial charge in [-0.05, 0) is 77.0 Å². The first kappa shape index (κ1) is 68.6. The summed E-state index contributed by atoms with van der Waals surface area (Å²) in [4.78, 5) is 37.9. The molecule has 0 N–H and O–H groups in total. The van der Waals surface area contributed by atoms with Crippen LogP contribution in [0.25, 0.3) is 0 Å². The Morgan fingerprint density at radius 2 is 0.507 bits per heavy atom. The monoisotopic (exact) mass is 997 g/mol. The molecule has 0 saturated heterocycles. The summed E-state index contributed by atoms with van der Waals surface area (Å²) in [6, 6.07) is 0. The average molecular weight is 998 g/mol. The van der Waals surface area contributed by atoms with E-state index in [0.717, 1.165) is 70.6 Å². The van der Waals surface area contributed by atoms with Crippen molar-refractivity contribution >= 4 is 17.9 Å². The van der Waals surface area contributed by atoms with Gasteiger partial charge in [0.15, 0.2) is 6.10 Å². The number of rotatable bonds is 58. The molecule has 416 valence electrons. The summed E-state index contributed by atoms with van der Waals surface area (Å²) < 4.78 is 16.8. The van der Waals surface area contributed by atoms with Crippen molar-refractivity contribution < 1.29 is 28.6 Å². The minimum Gasteiger partial charge on any atom is -0.462 e. The maximum absolute atomic E-state index is 12.8. The molecule has 71 heavy (non-hydrogen) atoms. The van der Waals surface area contributed by atoms with Crippen molar-refractivity contribution in [1.29, 1.82) is 0 Å². The second kappa shape index (κ2) is 60.2. The van der Waals surface area contributed by atoms with Crippen LogP contribution in [0.15, 0.2) is 36.5 Å². The first-order valence-corrected chi connectivity index (χ1v) is 31.5. The molecule has 0 amide bonds. The molecular weight excluding hydrogens is 877 g/mol. The smallest absolute Gasteiger partial charge is 0.306 e. The van der Waals surface area contributed by atoms with Gasteiger partial charge in [-0.25, -0.2) is 0 Å². The lowest BCUT2D eigenvalue weighted by Crippen LogP contribution is -2.30. The molecule has 0 spiro atoms. The highest BCUT2D eigenvalue weighted by Crippen LogP contribution is 2.17. The molecule has 0 aromatic rings. The Balaban J connectivity index is 3.96. The van der Waals surface area contributed by atoms with Gasteiger partial charge in [-0.1, -0.05) is 282 Å². The number of allylic oxidation sites excluding steroid dienone is 6. The van der Waals surface area contributed by atoms with E-state index < -0.39 is 6.10 Å². The van der Waals surface area contributed by atoms with Crippen LogP contribution in [0.4, 0.5) is 0 Å². The Bertz CT molecular complexity index is 1190. The lowest BCUT2D eigenvalue weighted by atomic mass is 10.0. The van der Waals surface area contributed by atoms with E-state index in [0.29, 0.717) is 19.3 Å². The van der Waals surface area contributed by atoms with E-state index in [4.69, 9.17) is 14.2 Å². The average Bonchev–Trinajstić information content (AvgIpc) is 3.37. The third-order valence-corrected chi connectivity index (χ3v) is 14.1. The molecule has 0 fully saturated rings. The van der Waals surface area contributed by atoms with Gasteiger partial charge in [0.2, 0.25) is 0 Å². The van der Waals surface area contributed by atoms with Crippen molar-refractivity contribution in [3.05, 3.63) is 36.5 Å². The molecule has 0 saturated carbocycles. The summed E-state index contributed by atoms with van der Waals surface area (Å²) in [5, 5.41) is 0. The molecule has 0 aromatic heterocycles. The third-order valence-electron chi connectivity index (χ3n) is 14.1. The second-order valence-electron chi connectivity index (χ2n) is 21.3. The van der Waals surface area contributed by atoms with Crippen molar-refractivity contribution in [2.45, 2.75) is 348 Å². The number of esters is 3. The summed E-state index contributed by atoms with van der Waals surface area (Å²) in [6.45, 7) is 6.57.